The number of rotatable bonds is 3. The Labute approximate surface area is 147 Å². The molecule has 0 saturated carbocycles. The van der Waals surface area contributed by atoms with Crippen LogP contribution in [0.1, 0.15) is 10.4 Å². The quantitative estimate of drug-likeness (QED) is 0.560. The highest BCUT2D eigenvalue weighted by Crippen LogP contribution is 2.25. The van der Waals surface area contributed by atoms with Gasteiger partial charge >= 0.3 is 0 Å². The van der Waals surface area contributed by atoms with Crippen molar-refractivity contribution in [2.45, 2.75) is 0 Å². The number of hydrogen-bond donors (Lipinski definition) is 1. The number of benzene rings is 1. The van der Waals surface area contributed by atoms with E-state index in [1.807, 2.05) is 6.07 Å². The summed E-state index contributed by atoms with van der Waals surface area (Å²) in [7, 11) is 0. The van der Waals surface area contributed by atoms with Crippen LogP contribution in [0.5, 0.6) is 0 Å². The van der Waals surface area contributed by atoms with E-state index in [2.05, 4.69) is 20.3 Å². The largest absolute Gasteiger partial charge is 0.434 e. The highest BCUT2D eigenvalue weighted by atomic mass is 35.5. The predicted molar refractivity (Wildman–Crippen MR) is 94.4 cm³/mol. The molecule has 122 valence electrons. The van der Waals surface area contributed by atoms with Gasteiger partial charge in [0.2, 0.25) is 5.89 Å². The van der Waals surface area contributed by atoms with Gasteiger partial charge in [0, 0.05) is 23.6 Å². The molecule has 1 aromatic carbocycles. The Balaban J connectivity index is 1.63. The molecule has 6 nitrogen and oxygen atoms in total. The molecule has 0 aliphatic carbocycles. The summed E-state index contributed by atoms with van der Waals surface area (Å²) in [4.78, 5) is 24.7. The molecule has 25 heavy (non-hydrogen) atoms. The Hall–Kier alpha value is -3.25. The van der Waals surface area contributed by atoms with E-state index in [0.29, 0.717) is 28.4 Å². The highest BCUT2D eigenvalue weighted by Gasteiger charge is 2.13. The maximum atomic E-state index is 12.3. The van der Waals surface area contributed by atoms with Crippen LogP contribution in [0, 0.1) is 0 Å². The molecule has 0 atom stereocenters. The molecule has 4 aromatic rings. The lowest BCUT2D eigenvalue weighted by atomic mass is 10.2. The van der Waals surface area contributed by atoms with Gasteiger partial charge in [-0.05, 0) is 42.5 Å². The summed E-state index contributed by atoms with van der Waals surface area (Å²) in [6.07, 6.45) is 3.18. The van der Waals surface area contributed by atoms with Crippen molar-refractivity contribution in [1.82, 2.24) is 15.0 Å². The molecular formula is C18H11ClN4O2. The molecule has 0 saturated heterocycles. The minimum Gasteiger partial charge on any atom is -0.434 e. The minimum absolute atomic E-state index is 0.154. The van der Waals surface area contributed by atoms with E-state index < -0.39 is 0 Å². The average molecular weight is 351 g/mol. The fourth-order valence-electron chi connectivity index (χ4n) is 2.38. The van der Waals surface area contributed by atoms with Crippen LogP contribution in [-0.4, -0.2) is 20.9 Å². The topological polar surface area (TPSA) is 80.9 Å². The predicted octanol–water partition coefficient (Wildman–Crippen LogP) is 4.19. The Morgan fingerprint density at radius 3 is 2.72 bits per heavy atom. The van der Waals surface area contributed by atoms with E-state index in [4.69, 9.17) is 16.0 Å². The third-order valence-electron chi connectivity index (χ3n) is 3.54. The second-order valence-electron chi connectivity index (χ2n) is 5.22. The molecule has 7 heteroatoms. The Kier molecular flexibility index (Phi) is 3.87. The number of pyridine rings is 2. The number of hydrogen-bond acceptors (Lipinski definition) is 5. The van der Waals surface area contributed by atoms with Gasteiger partial charge in [-0.15, -0.1) is 0 Å². The number of nitrogens with zero attached hydrogens (tertiary/aromatic N) is 3. The van der Waals surface area contributed by atoms with Gasteiger partial charge in [0.25, 0.3) is 5.91 Å². The van der Waals surface area contributed by atoms with Crippen LogP contribution in [0.2, 0.25) is 5.15 Å². The monoisotopic (exact) mass is 350 g/mol. The number of fused-ring (bicyclic) bond motifs is 1. The van der Waals surface area contributed by atoms with Gasteiger partial charge in [-0.2, -0.15) is 4.98 Å². The van der Waals surface area contributed by atoms with Gasteiger partial charge in [-0.25, -0.2) is 9.97 Å². The lowest BCUT2D eigenvalue weighted by Crippen LogP contribution is -2.12. The third-order valence-corrected chi connectivity index (χ3v) is 3.84. The first-order chi connectivity index (χ1) is 12.2. The number of amides is 1. The van der Waals surface area contributed by atoms with Crippen molar-refractivity contribution in [1.29, 1.82) is 0 Å². The molecule has 0 fully saturated rings. The molecule has 3 heterocycles. The van der Waals surface area contributed by atoms with Gasteiger partial charge in [0.05, 0.1) is 5.56 Å². The molecule has 0 aliphatic heterocycles. The number of nitrogens with one attached hydrogen (secondary N) is 1. The Morgan fingerprint density at radius 1 is 1.04 bits per heavy atom. The van der Waals surface area contributed by atoms with Gasteiger partial charge in [0.15, 0.2) is 11.2 Å². The maximum absolute atomic E-state index is 12.3. The number of aromatic nitrogens is 3. The van der Waals surface area contributed by atoms with E-state index in [9.17, 15) is 4.79 Å². The second kappa shape index (κ2) is 6.33. The first kappa shape index (κ1) is 15.3. The van der Waals surface area contributed by atoms with E-state index in [0.717, 1.165) is 5.56 Å². The third kappa shape index (κ3) is 3.07. The van der Waals surface area contributed by atoms with Crippen LogP contribution in [0.25, 0.3) is 22.7 Å². The van der Waals surface area contributed by atoms with Crippen molar-refractivity contribution in [3.8, 4) is 11.5 Å². The van der Waals surface area contributed by atoms with Crippen molar-refractivity contribution in [3.05, 3.63) is 71.6 Å². The summed E-state index contributed by atoms with van der Waals surface area (Å²) in [6.45, 7) is 0. The number of carbonyl (C=O) groups is 1. The van der Waals surface area contributed by atoms with E-state index in [1.165, 1.54) is 6.20 Å². The summed E-state index contributed by atoms with van der Waals surface area (Å²) in [5, 5.41) is 2.95. The zero-order valence-electron chi connectivity index (χ0n) is 12.8. The fourth-order valence-corrected chi connectivity index (χ4v) is 2.58. The first-order valence-electron chi connectivity index (χ1n) is 7.44. The molecule has 4 rings (SSSR count). The van der Waals surface area contributed by atoms with Crippen molar-refractivity contribution in [3.63, 3.8) is 0 Å². The van der Waals surface area contributed by atoms with Crippen LogP contribution in [0.15, 0.2) is 65.3 Å². The van der Waals surface area contributed by atoms with Crippen LogP contribution >= 0.6 is 11.6 Å². The minimum atomic E-state index is -0.338. The SMILES string of the molecule is O=C(Nc1cccc(-c2nc3ncccc3o2)c1)c1cccnc1Cl. The van der Waals surface area contributed by atoms with Gasteiger partial charge in [-0.1, -0.05) is 17.7 Å². The normalized spacial score (nSPS) is 10.8. The van der Waals surface area contributed by atoms with Crippen molar-refractivity contribution >= 4 is 34.4 Å². The number of anilines is 1. The Bertz CT molecular complexity index is 1040. The molecule has 0 bridgehead atoms. The molecule has 0 aliphatic rings. The fraction of sp³-hybridized carbons (Fsp3) is 0. The van der Waals surface area contributed by atoms with Crippen LogP contribution in [0.3, 0.4) is 0 Å². The zero-order chi connectivity index (χ0) is 17.2. The standard InChI is InChI=1S/C18H11ClN4O2/c19-15-13(6-2-8-20-15)17(24)22-12-5-1-4-11(10-12)18-23-16-14(25-18)7-3-9-21-16/h1-10H,(H,22,24). The molecule has 3 aromatic heterocycles. The molecular weight excluding hydrogens is 340 g/mol. The van der Waals surface area contributed by atoms with Gasteiger partial charge in [-0.3, -0.25) is 4.79 Å². The molecule has 0 radical (unpaired) electrons. The highest BCUT2D eigenvalue weighted by molar-refractivity contribution is 6.33. The van der Waals surface area contributed by atoms with Crippen LogP contribution < -0.4 is 5.32 Å². The van der Waals surface area contributed by atoms with Gasteiger partial charge in [0.1, 0.15) is 5.15 Å². The summed E-state index contributed by atoms with van der Waals surface area (Å²) in [5.41, 5.74) is 2.77. The number of halogens is 1. The van der Waals surface area contributed by atoms with Crippen LogP contribution in [0.4, 0.5) is 5.69 Å². The summed E-state index contributed by atoms with van der Waals surface area (Å²) in [5.74, 6) is 0.0960. The summed E-state index contributed by atoms with van der Waals surface area (Å²) in [6, 6.07) is 14.0. The van der Waals surface area contributed by atoms with Crippen molar-refractivity contribution in [2.24, 2.45) is 0 Å². The van der Waals surface area contributed by atoms with E-state index >= 15 is 0 Å². The lowest BCUT2D eigenvalue weighted by molar-refractivity contribution is 0.102. The molecule has 1 amide bonds. The smallest absolute Gasteiger partial charge is 0.258 e. The maximum Gasteiger partial charge on any atom is 0.258 e. The molecule has 0 spiro atoms. The molecule has 0 unspecified atom stereocenters. The average Bonchev–Trinajstić information content (AvgIpc) is 3.06. The Morgan fingerprint density at radius 2 is 1.88 bits per heavy atom. The lowest BCUT2D eigenvalue weighted by Gasteiger charge is -2.07. The first-order valence-corrected chi connectivity index (χ1v) is 7.82. The van der Waals surface area contributed by atoms with Crippen molar-refractivity contribution < 1.29 is 9.21 Å². The van der Waals surface area contributed by atoms with E-state index in [-0.39, 0.29) is 11.1 Å². The number of oxazole rings is 1. The van der Waals surface area contributed by atoms with Gasteiger partial charge < -0.3 is 9.73 Å². The summed E-state index contributed by atoms with van der Waals surface area (Å²) >= 11 is 5.95. The number of carbonyl (C=O) groups excluding carboxylic acids is 1. The summed E-state index contributed by atoms with van der Waals surface area (Å²) < 4.78 is 5.70. The van der Waals surface area contributed by atoms with Crippen molar-refractivity contribution in [2.75, 3.05) is 5.32 Å². The second-order valence-corrected chi connectivity index (χ2v) is 5.58. The zero-order valence-corrected chi connectivity index (χ0v) is 13.6. The molecule has 1 N–H and O–H groups in total. The van der Waals surface area contributed by atoms with Crippen LogP contribution in [-0.2, 0) is 0 Å². The van der Waals surface area contributed by atoms with E-state index in [1.54, 1.807) is 48.7 Å².